The quantitative estimate of drug-likeness (QED) is 0.628. The minimum Gasteiger partial charge on any atom is -0.494 e. The van der Waals surface area contributed by atoms with Gasteiger partial charge in [-0.05, 0) is 30.7 Å². The molecule has 2 aromatic heterocycles. The SMILES string of the molecule is CCOc1ccc2[nH]c3c(=O)n(Cc4ccccc4)cnc3c2c1. The van der Waals surface area contributed by atoms with Crippen molar-refractivity contribution in [2.45, 2.75) is 13.5 Å². The highest BCUT2D eigenvalue weighted by Crippen LogP contribution is 2.25. The minimum absolute atomic E-state index is 0.0713. The second-order valence-corrected chi connectivity index (χ2v) is 5.65. The summed E-state index contributed by atoms with van der Waals surface area (Å²) in [5.41, 5.74) is 3.09. The predicted molar refractivity (Wildman–Crippen MR) is 94.6 cm³/mol. The highest BCUT2D eigenvalue weighted by atomic mass is 16.5. The molecule has 24 heavy (non-hydrogen) atoms. The number of rotatable bonds is 4. The molecule has 0 radical (unpaired) electrons. The van der Waals surface area contributed by atoms with Crippen LogP contribution in [0.5, 0.6) is 5.75 Å². The van der Waals surface area contributed by atoms with Gasteiger partial charge in [0.15, 0.2) is 0 Å². The van der Waals surface area contributed by atoms with Gasteiger partial charge < -0.3 is 9.72 Å². The molecule has 0 atom stereocenters. The van der Waals surface area contributed by atoms with E-state index in [0.29, 0.717) is 24.2 Å². The van der Waals surface area contributed by atoms with E-state index < -0.39 is 0 Å². The Morgan fingerprint density at radius 1 is 1.17 bits per heavy atom. The normalized spacial score (nSPS) is 11.2. The summed E-state index contributed by atoms with van der Waals surface area (Å²) in [7, 11) is 0. The Labute approximate surface area is 138 Å². The molecule has 5 heteroatoms. The molecule has 2 heterocycles. The molecular weight excluding hydrogens is 302 g/mol. The monoisotopic (exact) mass is 319 g/mol. The Morgan fingerprint density at radius 2 is 2.00 bits per heavy atom. The third kappa shape index (κ3) is 2.44. The van der Waals surface area contributed by atoms with Crippen LogP contribution < -0.4 is 10.3 Å². The Balaban J connectivity index is 1.84. The van der Waals surface area contributed by atoms with Crippen molar-refractivity contribution in [1.29, 1.82) is 0 Å². The average Bonchev–Trinajstić information content (AvgIpc) is 2.98. The van der Waals surface area contributed by atoms with Crippen molar-refractivity contribution in [3.05, 3.63) is 70.8 Å². The molecule has 0 spiro atoms. The maximum Gasteiger partial charge on any atom is 0.277 e. The third-order valence-electron chi connectivity index (χ3n) is 4.05. The number of fused-ring (bicyclic) bond motifs is 3. The van der Waals surface area contributed by atoms with Crippen molar-refractivity contribution in [1.82, 2.24) is 14.5 Å². The highest BCUT2D eigenvalue weighted by Gasteiger charge is 2.12. The summed E-state index contributed by atoms with van der Waals surface area (Å²) in [4.78, 5) is 20.5. The summed E-state index contributed by atoms with van der Waals surface area (Å²) in [6.45, 7) is 3.05. The molecule has 1 N–H and O–H groups in total. The zero-order valence-corrected chi connectivity index (χ0v) is 13.3. The van der Waals surface area contributed by atoms with Gasteiger partial charge in [-0.15, -0.1) is 0 Å². The number of nitrogens with zero attached hydrogens (tertiary/aromatic N) is 2. The Hall–Kier alpha value is -3.08. The zero-order valence-electron chi connectivity index (χ0n) is 13.3. The van der Waals surface area contributed by atoms with E-state index in [1.807, 2.05) is 55.5 Å². The number of benzene rings is 2. The topological polar surface area (TPSA) is 59.9 Å². The molecule has 5 nitrogen and oxygen atoms in total. The van der Waals surface area contributed by atoms with Gasteiger partial charge >= 0.3 is 0 Å². The standard InChI is InChI=1S/C19H17N3O2/c1-2-24-14-8-9-16-15(10-14)17-18(21-16)19(23)22(12-20-17)11-13-6-4-3-5-7-13/h3-10,12,21H,2,11H2,1H3. The van der Waals surface area contributed by atoms with E-state index in [4.69, 9.17) is 4.74 Å². The minimum atomic E-state index is -0.0713. The van der Waals surface area contributed by atoms with Crippen LogP contribution in [0, 0.1) is 0 Å². The van der Waals surface area contributed by atoms with E-state index in [1.165, 1.54) is 0 Å². The van der Waals surface area contributed by atoms with Crippen LogP contribution in [0.4, 0.5) is 0 Å². The van der Waals surface area contributed by atoms with Crippen LogP contribution in [0.15, 0.2) is 59.7 Å². The fourth-order valence-electron chi connectivity index (χ4n) is 2.92. The first-order chi connectivity index (χ1) is 11.8. The molecule has 0 saturated carbocycles. The van der Waals surface area contributed by atoms with E-state index in [9.17, 15) is 4.79 Å². The number of ether oxygens (including phenoxy) is 1. The van der Waals surface area contributed by atoms with Crippen LogP contribution in [0.1, 0.15) is 12.5 Å². The largest absolute Gasteiger partial charge is 0.494 e. The van der Waals surface area contributed by atoms with Crippen molar-refractivity contribution in [2.24, 2.45) is 0 Å². The molecule has 0 aliphatic carbocycles. The lowest BCUT2D eigenvalue weighted by Crippen LogP contribution is -2.21. The molecule has 4 rings (SSSR count). The average molecular weight is 319 g/mol. The molecule has 0 unspecified atom stereocenters. The van der Waals surface area contributed by atoms with Crippen molar-refractivity contribution in [3.63, 3.8) is 0 Å². The van der Waals surface area contributed by atoms with Crippen LogP contribution in [0.25, 0.3) is 21.9 Å². The molecule has 0 fully saturated rings. The van der Waals surface area contributed by atoms with Gasteiger partial charge in [-0.2, -0.15) is 0 Å². The van der Waals surface area contributed by atoms with Gasteiger partial charge in [-0.3, -0.25) is 9.36 Å². The van der Waals surface area contributed by atoms with E-state index in [0.717, 1.165) is 22.2 Å². The maximum atomic E-state index is 12.8. The first-order valence-electron chi connectivity index (χ1n) is 7.94. The van der Waals surface area contributed by atoms with Crippen LogP contribution in [0.2, 0.25) is 0 Å². The summed E-state index contributed by atoms with van der Waals surface area (Å²) in [6.07, 6.45) is 1.61. The Bertz CT molecular complexity index is 1060. The van der Waals surface area contributed by atoms with Crippen molar-refractivity contribution in [2.75, 3.05) is 6.61 Å². The number of hydrogen-bond acceptors (Lipinski definition) is 3. The lowest BCUT2D eigenvalue weighted by molar-refractivity contribution is 0.341. The summed E-state index contributed by atoms with van der Waals surface area (Å²) in [5.74, 6) is 0.779. The highest BCUT2D eigenvalue weighted by molar-refractivity contribution is 6.04. The van der Waals surface area contributed by atoms with Crippen LogP contribution >= 0.6 is 0 Å². The molecule has 2 aromatic carbocycles. The third-order valence-corrected chi connectivity index (χ3v) is 4.05. The lowest BCUT2D eigenvalue weighted by Gasteiger charge is -2.05. The summed E-state index contributed by atoms with van der Waals surface area (Å²) < 4.78 is 7.16. The Morgan fingerprint density at radius 3 is 2.79 bits per heavy atom. The summed E-state index contributed by atoms with van der Waals surface area (Å²) >= 11 is 0. The van der Waals surface area contributed by atoms with Gasteiger partial charge in [0, 0.05) is 10.9 Å². The predicted octanol–water partition coefficient (Wildman–Crippen LogP) is 3.32. The molecule has 0 saturated heterocycles. The molecular formula is C19H17N3O2. The van der Waals surface area contributed by atoms with E-state index in [-0.39, 0.29) is 5.56 Å². The van der Waals surface area contributed by atoms with Crippen LogP contribution in [0.3, 0.4) is 0 Å². The van der Waals surface area contributed by atoms with Crippen LogP contribution in [-0.4, -0.2) is 21.1 Å². The van der Waals surface area contributed by atoms with Gasteiger partial charge in [0.25, 0.3) is 5.56 Å². The molecule has 0 amide bonds. The number of aromatic amines is 1. The maximum absolute atomic E-state index is 12.8. The van der Waals surface area contributed by atoms with E-state index in [2.05, 4.69) is 9.97 Å². The van der Waals surface area contributed by atoms with E-state index >= 15 is 0 Å². The van der Waals surface area contributed by atoms with Gasteiger partial charge in [-0.25, -0.2) is 4.98 Å². The van der Waals surface area contributed by atoms with Gasteiger partial charge in [0.1, 0.15) is 16.8 Å². The number of nitrogens with one attached hydrogen (secondary N) is 1. The molecule has 0 bridgehead atoms. The Kier molecular flexibility index (Phi) is 3.54. The first kappa shape index (κ1) is 14.5. The lowest BCUT2D eigenvalue weighted by atomic mass is 10.2. The fourth-order valence-corrected chi connectivity index (χ4v) is 2.92. The van der Waals surface area contributed by atoms with Gasteiger partial charge in [0.2, 0.25) is 0 Å². The van der Waals surface area contributed by atoms with E-state index in [1.54, 1.807) is 10.9 Å². The number of H-pyrrole nitrogens is 1. The molecule has 0 aliphatic rings. The molecule has 0 aliphatic heterocycles. The van der Waals surface area contributed by atoms with Crippen molar-refractivity contribution >= 4 is 21.9 Å². The second-order valence-electron chi connectivity index (χ2n) is 5.65. The van der Waals surface area contributed by atoms with Crippen molar-refractivity contribution < 1.29 is 4.74 Å². The van der Waals surface area contributed by atoms with Crippen LogP contribution in [-0.2, 0) is 6.54 Å². The van der Waals surface area contributed by atoms with Gasteiger partial charge in [0.05, 0.1) is 19.5 Å². The van der Waals surface area contributed by atoms with Crippen molar-refractivity contribution in [3.8, 4) is 5.75 Å². The zero-order chi connectivity index (χ0) is 16.5. The number of hydrogen-bond donors (Lipinski definition) is 1. The van der Waals surface area contributed by atoms with Gasteiger partial charge in [-0.1, -0.05) is 30.3 Å². The fraction of sp³-hybridized carbons (Fsp3) is 0.158. The number of aromatic nitrogens is 3. The molecule has 4 aromatic rings. The second kappa shape index (κ2) is 5.85. The molecule has 120 valence electrons. The summed E-state index contributed by atoms with van der Waals surface area (Å²) in [6, 6.07) is 15.6. The first-order valence-corrected chi connectivity index (χ1v) is 7.94. The summed E-state index contributed by atoms with van der Waals surface area (Å²) in [5, 5.41) is 0.903. The smallest absolute Gasteiger partial charge is 0.277 e.